The van der Waals surface area contributed by atoms with E-state index in [2.05, 4.69) is 18.5 Å². The molecule has 1 aliphatic rings. The van der Waals surface area contributed by atoms with Crippen molar-refractivity contribution in [3.8, 4) is 0 Å². The number of hydrogen-bond donors (Lipinski definition) is 1. The first kappa shape index (κ1) is 13.0. The molecule has 0 saturated carbocycles. The summed E-state index contributed by atoms with van der Waals surface area (Å²) >= 11 is 0. The van der Waals surface area contributed by atoms with E-state index < -0.39 is 0 Å². The van der Waals surface area contributed by atoms with Crippen molar-refractivity contribution in [1.82, 2.24) is 10.2 Å². The lowest BCUT2D eigenvalue weighted by molar-refractivity contribution is -0.132. The van der Waals surface area contributed by atoms with Gasteiger partial charge >= 0.3 is 0 Å². The van der Waals surface area contributed by atoms with Crippen LogP contribution in [0.5, 0.6) is 0 Å². The molecule has 90 valence electrons. The Labute approximate surface area is 98.2 Å². The third-order valence-electron chi connectivity index (χ3n) is 2.87. The van der Waals surface area contributed by atoms with E-state index in [1.807, 2.05) is 0 Å². The zero-order valence-corrected chi connectivity index (χ0v) is 9.95. The van der Waals surface area contributed by atoms with Crippen molar-refractivity contribution in [2.75, 3.05) is 19.6 Å². The fourth-order valence-electron chi connectivity index (χ4n) is 2.03. The first-order valence-corrected chi connectivity index (χ1v) is 6.03. The standard InChI is InChI=1S/C13H22N2O/c1-3-10-15(11-4-2)13(16)12-8-6-5-7-9-14-12/h3-4,12,14H,1-2,5-11H2. The smallest absolute Gasteiger partial charge is 0.240 e. The van der Waals surface area contributed by atoms with Crippen LogP contribution in [0.2, 0.25) is 0 Å². The Bertz CT molecular complexity index is 232. The van der Waals surface area contributed by atoms with Crippen LogP contribution in [0.4, 0.5) is 0 Å². The molecule has 0 aromatic rings. The van der Waals surface area contributed by atoms with Crippen LogP contribution in [0.3, 0.4) is 0 Å². The summed E-state index contributed by atoms with van der Waals surface area (Å²) < 4.78 is 0. The highest BCUT2D eigenvalue weighted by Gasteiger charge is 2.23. The van der Waals surface area contributed by atoms with Gasteiger partial charge in [0.1, 0.15) is 0 Å². The van der Waals surface area contributed by atoms with Gasteiger partial charge in [0.25, 0.3) is 0 Å². The molecule has 1 atom stereocenters. The Morgan fingerprint density at radius 3 is 2.56 bits per heavy atom. The topological polar surface area (TPSA) is 32.3 Å². The predicted molar refractivity (Wildman–Crippen MR) is 67.2 cm³/mol. The summed E-state index contributed by atoms with van der Waals surface area (Å²) in [6, 6.07) is -0.0117. The predicted octanol–water partition coefficient (Wildman–Crippen LogP) is 1.72. The first-order chi connectivity index (χ1) is 7.79. The van der Waals surface area contributed by atoms with E-state index in [0.717, 1.165) is 19.4 Å². The summed E-state index contributed by atoms with van der Waals surface area (Å²) in [5.74, 6) is 0.182. The number of rotatable bonds is 5. The second-order valence-electron chi connectivity index (χ2n) is 4.18. The van der Waals surface area contributed by atoms with Crippen molar-refractivity contribution in [2.24, 2.45) is 0 Å². The minimum absolute atomic E-state index is 0.0117. The summed E-state index contributed by atoms with van der Waals surface area (Å²) in [5, 5.41) is 3.32. The molecule has 1 amide bonds. The molecule has 0 bridgehead atoms. The molecule has 3 heteroatoms. The first-order valence-electron chi connectivity index (χ1n) is 6.03. The monoisotopic (exact) mass is 222 g/mol. The zero-order chi connectivity index (χ0) is 11.8. The molecule has 0 aromatic heterocycles. The minimum atomic E-state index is -0.0117. The van der Waals surface area contributed by atoms with Crippen molar-refractivity contribution >= 4 is 5.91 Å². The number of nitrogens with zero attached hydrogens (tertiary/aromatic N) is 1. The minimum Gasteiger partial charge on any atom is -0.334 e. The maximum Gasteiger partial charge on any atom is 0.240 e. The second-order valence-corrected chi connectivity index (χ2v) is 4.18. The quantitative estimate of drug-likeness (QED) is 0.718. The zero-order valence-electron chi connectivity index (χ0n) is 9.95. The fraction of sp³-hybridized carbons (Fsp3) is 0.615. The summed E-state index contributed by atoms with van der Waals surface area (Å²) in [5.41, 5.74) is 0. The van der Waals surface area contributed by atoms with Gasteiger partial charge in [0, 0.05) is 13.1 Å². The lowest BCUT2D eigenvalue weighted by Gasteiger charge is -2.25. The third kappa shape index (κ3) is 3.81. The highest BCUT2D eigenvalue weighted by molar-refractivity contribution is 5.82. The van der Waals surface area contributed by atoms with E-state index in [1.165, 1.54) is 12.8 Å². The molecule has 1 unspecified atom stereocenters. The summed E-state index contributed by atoms with van der Waals surface area (Å²) in [6.45, 7) is 9.51. The van der Waals surface area contributed by atoms with Gasteiger partial charge in [-0.1, -0.05) is 25.0 Å². The van der Waals surface area contributed by atoms with E-state index >= 15 is 0 Å². The van der Waals surface area contributed by atoms with Gasteiger partial charge in [0.15, 0.2) is 0 Å². The maximum atomic E-state index is 12.2. The molecule has 0 spiro atoms. The Hall–Kier alpha value is -1.09. The van der Waals surface area contributed by atoms with E-state index in [0.29, 0.717) is 13.1 Å². The van der Waals surface area contributed by atoms with Crippen molar-refractivity contribution in [2.45, 2.75) is 31.7 Å². The number of nitrogens with one attached hydrogen (secondary N) is 1. The Morgan fingerprint density at radius 2 is 1.94 bits per heavy atom. The third-order valence-corrected chi connectivity index (χ3v) is 2.87. The number of hydrogen-bond acceptors (Lipinski definition) is 2. The van der Waals surface area contributed by atoms with Crippen molar-refractivity contribution in [3.05, 3.63) is 25.3 Å². The molecule has 0 aliphatic carbocycles. The lowest BCUT2D eigenvalue weighted by Crippen LogP contribution is -2.46. The molecule has 1 aliphatic heterocycles. The molecule has 1 N–H and O–H groups in total. The van der Waals surface area contributed by atoms with Gasteiger partial charge in [-0.2, -0.15) is 0 Å². The summed E-state index contributed by atoms with van der Waals surface area (Å²) in [4.78, 5) is 14.0. The van der Waals surface area contributed by atoms with E-state index in [4.69, 9.17) is 0 Å². The molecule has 1 heterocycles. The van der Waals surface area contributed by atoms with Crippen LogP contribution in [-0.4, -0.2) is 36.5 Å². The molecular formula is C13H22N2O. The Kier molecular flexibility index (Phi) is 5.86. The average Bonchev–Trinajstić information content (AvgIpc) is 2.56. The van der Waals surface area contributed by atoms with E-state index in [1.54, 1.807) is 17.1 Å². The Balaban J connectivity index is 2.56. The summed E-state index contributed by atoms with van der Waals surface area (Å²) in [6.07, 6.45) is 8.01. The number of carbonyl (C=O) groups excluding carboxylic acids is 1. The highest BCUT2D eigenvalue weighted by atomic mass is 16.2. The van der Waals surface area contributed by atoms with Gasteiger partial charge in [-0.25, -0.2) is 0 Å². The molecule has 3 nitrogen and oxygen atoms in total. The van der Waals surface area contributed by atoms with Crippen LogP contribution in [0.15, 0.2) is 25.3 Å². The normalized spacial score (nSPS) is 20.9. The van der Waals surface area contributed by atoms with Gasteiger partial charge < -0.3 is 10.2 Å². The van der Waals surface area contributed by atoms with E-state index in [-0.39, 0.29) is 11.9 Å². The van der Waals surface area contributed by atoms with Crippen molar-refractivity contribution in [3.63, 3.8) is 0 Å². The Morgan fingerprint density at radius 1 is 1.25 bits per heavy atom. The largest absolute Gasteiger partial charge is 0.334 e. The van der Waals surface area contributed by atoms with Crippen LogP contribution < -0.4 is 5.32 Å². The second kappa shape index (κ2) is 7.23. The fourth-order valence-corrected chi connectivity index (χ4v) is 2.03. The van der Waals surface area contributed by atoms with Crippen LogP contribution >= 0.6 is 0 Å². The molecule has 0 radical (unpaired) electrons. The molecule has 16 heavy (non-hydrogen) atoms. The maximum absolute atomic E-state index is 12.2. The van der Waals surface area contributed by atoms with Gasteiger partial charge in [0.2, 0.25) is 5.91 Å². The van der Waals surface area contributed by atoms with Gasteiger partial charge in [-0.3, -0.25) is 4.79 Å². The van der Waals surface area contributed by atoms with Crippen LogP contribution in [-0.2, 0) is 4.79 Å². The molecule has 1 saturated heterocycles. The average molecular weight is 222 g/mol. The number of amides is 1. The number of carbonyl (C=O) groups is 1. The van der Waals surface area contributed by atoms with Crippen LogP contribution in [0.1, 0.15) is 25.7 Å². The molecule has 1 fully saturated rings. The van der Waals surface area contributed by atoms with Crippen molar-refractivity contribution < 1.29 is 4.79 Å². The van der Waals surface area contributed by atoms with Crippen LogP contribution in [0, 0.1) is 0 Å². The van der Waals surface area contributed by atoms with Crippen LogP contribution in [0.25, 0.3) is 0 Å². The molecular weight excluding hydrogens is 200 g/mol. The van der Waals surface area contributed by atoms with E-state index in [9.17, 15) is 4.79 Å². The SMILES string of the molecule is C=CCN(CC=C)C(=O)C1CCCCCN1. The van der Waals surface area contributed by atoms with Gasteiger partial charge in [-0.15, -0.1) is 13.2 Å². The van der Waals surface area contributed by atoms with Gasteiger partial charge in [-0.05, 0) is 19.4 Å². The molecule has 1 rings (SSSR count). The molecule has 0 aromatic carbocycles. The van der Waals surface area contributed by atoms with Crippen molar-refractivity contribution in [1.29, 1.82) is 0 Å². The van der Waals surface area contributed by atoms with Gasteiger partial charge in [0.05, 0.1) is 6.04 Å². The highest BCUT2D eigenvalue weighted by Crippen LogP contribution is 2.10. The lowest BCUT2D eigenvalue weighted by atomic mass is 10.1. The summed E-state index contributed by atoms with van der Waals surface area (Å²) in [7, 11) is 0.